The molecular formula is C19H28N2O7. The van der Waals surface area contributed by atoms with Crippen LogP contribution in [0.15, 0.2) is 12.1 Å². The second kappa shape index (κ2) is 11.7. The molecule has 1 aromatic carbocycles. The van der Waals surface area contributed by atoms with E-state index in [9.17, 15) is 14.4 Å². The minimum Gasteiger partial charge on any atom is -0.490 e. The van der Waals surface area contributed by atoms with Crippen LogP contribution in [0.1, 0.15) is 45.0 Å². The summed E-state index contributed by atoms with van der Waals surface area (Å²) in [5, 5.41) is 4.51. The van der Waals surface area contributed by atoms with Gasteiger partial charge in [0, 0.05) is 6.54 Å². The Morgan fingerprint density at radius 1 is 0.929 bits per heavy atom. The Balaban J connectivity index is 3.02. The Hall–Kier alpha value is -2.97. The first-order valence-corrected chi connectivity index (χ1v) is 9.23. The van der Waals surface area contributed by atoms with E-state index in [0.717, 1.165) is 0 Å². The lowest BCUT2D eigenvalue weighted by molar-refractivity contribution is -0.127. The summed E-state index contributed by atoms with van der Waals surface area (Å²) < 4.78 is 21.9. The predicted molar refractivity (Wildman–Crippen MR) is 102 cm³/mol. The maximum atomic E-state index is 12.5. The van der Waals surface area contributed by atoms with Gasteiger partial charge in [-0.1, -0.05) is 0 Å². The van der Waals surface area contributed by atoms with Crippen molar-refractivity contribution in [2.45, 2.75) is 40.7 Å². The molecule has 3 amide bonds. The van der Waals surface area contributed by atoms with Gasteiger partial charge in [-0.25, -0.2) is 9.59 Å². The van der Waals surface area contributed by atoms with E-state index in [4.69, 9.17) is 18.9 Å². The van der Waals surface area contributed by atoms with Crippen molar-refractivity contribution in [2.24, 2.45) is 0 Å². The lowest BCUT2D eigenvalue weighted by atomic mass is 10.1. The Labute approximate surface area is 164 Å². The highest BCUT2D eigenvalue weighted by atomic mass is 16.6. The lowest BCUT2D eigenvalue weighted by Gasteiger charge is -2.18. The second-order valence-corrected chi connectivity index (χ2v) is 5.50. The summed E-state index contributed by atoms with van der Waals surface area (Å²) in [7, 11) is 0. The van der Waals surface area contributed by atoms with Gasteiger partial charge in [0.25, 0.3) is 5.91 Å². The maximum Gasteiger partial charge on any atom is 0.339 e. The Kier molecular flexibility index (Phi) is 9.63. The highest BCUT2D eigenvalue weighted by Crippen LogP contribution is 2.39. The first kappa shape index (κ1) is 23.1. The number of hydrogen-bond acceptors (Lipinski definition) is 7. The molecule has 2 N–H and O–H groups in total. The number of nitrogens with one attached hydrogen (secondary N) is 2. The fourth-order valence-corrected chi connectivity index (χ4v) is 2.21. The second-order valence-electron chi connectivity index (χ2n) is 5.50. The number of amides is 3. The van der Waals surface area contributed by atoms with Gasteiger partial charge < -0.3 is 24.3 Å². The number of imide groups is 1. The molecule has 9 heteroatoms. The molecule has 0 aromatic heterocycles. The summed E-state index contributed by atoms with van der Waals surface area (Å²) in [6.07, 6.45) is -1.17. The van der Waals surface area contributed by atoms with Crippen LogP contribution in [0.2, 0.25) is 0 Å². The summed E-state index contributed by atoms with van der Waals surface area (Å²) in [5.41, 5.74) is 0.132. The van der Waals surface area contributed by atoms with Crippen molar-refractivity contribution in [3.63, 3.8) is 0 Å². The lowest BCUT2D eigenvalue weighted by Crippen LogP contribution is -2.44. The standard InChI is InChI=1S/C19H28N2O7/c1-6-20-19(24)21-17(22)12(5)28-18(23)13-10-14(25-7-2)16(27-9-4)15(11-13)26-8-3/h10-12H,6-9H2,1-5H3,(H2,20,21,22,24). The quantitative estimate of drug-likeness (QED) is 0.584. The number of carbonyl (C=O) groups is 3. The molecule has 0 spiro atoms. The largest absolute Gasteiger partial charge is 0.490 e. The third kappa shape index (κ3) is 6.64. The zero-order valence-electron chi connectivity index (χ0n) is 16.9. The average molecular weight is 396 g/mol. The average Bonchev–Trinajstić information content (AvgIpc) is 2.64. The van der Waals surface area contributed by atoms with Crippen LogP contribution in [0.3, 0.4) is 0 Å². The van der Waals surface area contributed by atoms with Gasteiger partial charge in [-0.05, 0) is 46.8 Å². The molecular weight excluding hydrogens is 368 g/mol. The normalized spacial score (nSPS) is 11.2. The summed E-state index contributed by atoms with van der Waals surface area (Å²) in [5.74, 6) is -0.433. The van der Waals surface area contributed by atoms with Gasteiger partial charge in [-0.2, -0.15) is 0 Å². The van der Waals surface area contributed by atoms with E-state index < -0.39 is 24.0 Å². The molecule has 0 heterocycles. The molecule has 0 aliphatic heterocycles. The van der Waals surface area contributed by atoms with Gasteiger partial charge in [0.05, 0.1) is 25.4 Å². The van der Waals surface area contributed by atoms with Crippen LogP contribution in [0.5, 0.6) is 17.2 Å². The highest BCUT2D eigenvalue weighted by Gasteiger charge is 2.23. The number of benzene rings is 1. The van der Waals surface area contributed by atoms with Crippen molar-refractivity contribution < 1.29 is 33.3 Å². The summed E-state index contributed by atoms with van der Waals surface area (Å²) in [4.78, 5) is 35.9. The molecule has 28 heavy (non-hydrogen) atoms. The molecule has 0 bridgehead atoms. The molecule has 1 aromatic rings. The Morgan fingerprint density at radius 3 is 1.93 bits per heavy atom. The minimum absolute atomic E-state index is 0.132. The number of urea groups is 1. The van der Waals surface area contributed by atoms with Crippen LogP contribution in [-0.4, -0.2) is 50.4 Å². The molecule has 0 saturated heterocycles. The molecule has 0 fully saturated rings. The number of hydrogen-bond donors (Lipinski definition) is 2. The topological polar surface area (TPSA) is 112 Å². The van der Waals surface area contributed by atoms with Gasteiger partial charge in [0.1, 0.15) is 0 Å². The van der Waals surface area contributed by atoms with Crippen LogP contribution in [0, 0.1) is 0 Å². The van der Waals surface area contributed by atoms with Crippen LogP contribution in [0.25, 0.3) is 0 Å². The van der Waals surface area contributed by atoms with Crippen molar-refractivity contribution in [1.29, 1.82) is 0 Å². The molecule has 1 unspecified atom stereocenters. The van der Waals surface area contributed by atoms with Gasteiger partial charge in [0.2, 0.25) is 5.75 Å². The van der Waals surface area contributed by atoms with Crippen molar-refractivity contribution in [2.75, 3.05) is 26.4 Å². The summed E-state index contributed by atoms with van der Waals surface area (Å²) in [6, 6.07) is 2.27. The number of rotatable bonds is 10. The van der Waals surface area contributed by atoms with E-state index in [2.05, 4.69) is 10.6 Å². The van der Waals surface area contributed by atoms with Crippen LogP contribution in [-0.2, 0) is 9.53 Å². The number of carbonyl (C=O) groups excluding carboxylic acids is 3. The van der Waals surface area contributed by atoms with Crippen molar-refractivity contribution in [3.05, 3.63) is 17.7 Å². The van der Waals surface area contributed by atoms with E-state index in [0.29, 0.717) is 43.6 Å². The number of ether oxygens (including phenoxy) is 4. The van der Waals surface area contributed by atoms with Crippen molar-refractivity contribution in [1.82, 2.24) is 10.6 Å². The van der Waals surface area contributed by atoms with Crippen molar-refractivity contribution >= 4 is 17.9 Å². The zero-order chi connectivity index (χ0) is 21.1. The molecule has 0 aliphatic rings. The summed E-state index contributed by atoms with van der Waals surface area (Å²) in [6.45, 7) is 9.97. The molecule has 1 rings (SSSR count). The van der Waals surface area contributed by atoms with E-state index >= 15 is 0 Å². The van der Waals surface area contributed by atoms with Crippen LogP contribution < -0.4 is 24.8 Å². The maximum absolute atomic E-state index is 12.5. The third-order valence-corrected chi connectivity index (χ3v) is 3.37. The van der Waals surface area contributed by atoms with Gasteiger partial charge in [-0.3, -0.25) is 10.1 Å². The highest BCUT2D eigenvalue weighted by molar-refractivity contribution is 5.98. The molecule has 156 valence electrons. The van der Waals surface area contributed by atoms with E-state index in [1.165, 1.54) is 19.1 Å². The third-order valence-electron chi connectivity index (χ3n) is 3.37. The van der Waals surface area contributed by atoms with Crippen LogP contribution in [0.4, 0.5) is 4.79 Å². The van der Waals surface area contributed by atoms with Gasteiger partial charge in [0.15, 0.2) is 17.6 Å². The SMILES string of the molecule is CCNC(=O)NC(=O)C(C)OC(=O)c1cc(OCC)c(OCC)c(OCC)c1. The number of esters is 1. The molecule has 0 saturated carbocycles. The van der Waals surface area contributed by atoms with Gasteiger partial charge in [-0.15, -0.1) is 0 Å². The first-order valence-electron chi connectivity index (χ1n) is 9.23. The first-order chi connectivity index (χ1) is 13.4. The Morgan fingerprint density at radius 2 is 1.46 bits per heavy atom. The zero-order valence-corrected chi connectivity index (χ0v) is 16.9. The molecule has 9 nitrogen and oxygen atoms in total. The van der Waals surface area contributed by atoms with Crippen molar-refractivity contribution in [3.8, 4) is 17.2 Å². The minimum atomic E-state index is -1.17. The van der Waals surface area contributed by atoms with E-state index in [1.54, 1.807) is 20.8 Å². The van der Waals surface area contributed by atoms with Gasteiger partial charge >= 0.3 is 12.0 Å². The fourth-order valence-electron chi connectivity index (χ4n) is 2.21. The van der Waals surface area contributed by atoms with E-state index in [1.807, 2.05) is 6.92 Å². The van der Waals surface area contributed by atoms with E-state index in [-0.39, 0.29) is 5.56 Å². The van der Waals surface area contributed by atoms with Crippen LogP contribution >= 0.6 is 0 Å². The predicted octanol–water partition coefficient (Wildman–Crippen LogP) is 2.27. The Bertz CT molecular complexity index is 664. The molecule has 0 radical (unpaired) electrons. The summed E-state index contributed by atoms with van der Waals surface area (Å²) >= 11 is 0. The monoisotopic (exact) mass is 396 g/mol. The fraction of sp³-hybridized carbons (Fsp3) is 0.526. The smallest absolute Gasteiger partial charge is 0.339 e. The molecule has 0 aliphatic carbocycles. The molecule has 1 atom stereocenters.